The molecule has 0 aliphatic rings. The Kier molecular flexibility index (Phi) is 3.81. The molecule has 0 amide bonds. The van der Waals surface area contributed by atoms with Crippen molar-refractivity contribution in [3.63, 3.8) is 0 Å². The third kappa shape index (κ3) is 3.06. The molecule has 0 radical (unpaired) electrons. The Morgan fingerprint density at radius 1 is 1.12 bits per heavy atom. The maximum atomic E-state index is 13.5. The zero-order valence-electron chi connectivity index (χ0n) is 8.22. The standard InChI is InChI=1S/C10H5BrCl2FN3/c11-5-1-2-6(14)7(3-5)15-8-4-9(12)16-17-10(8)13/h1-4H,(H,15,16). The summed E-state index contributed by atoms with van der Waals surface area (Å²) >= 11 is 14.7. The molecule has 0 aliphatic carbocycles. The highest BCUT2D eigenvalue weighted by molar-refractivity contribution is 9.10. The number of hydrogen-bond donors (Lipinski definition) is 1. The maximum absolute atomic E-state index is 13.5. The third-order valence-electron chi connectivity index (χ3n) is 1.92. The molecule has 1 aromatic carbocycles. The minimum absolute atomic E-state index is 0.119. The molecule has 0 saturated heterocycles. The number of aromatic nitrogens is 2. The van der Waals surface area contributed by atoms with E-state index in [1.54, 1.807) is 12.1 Å². The van der Waals surface area contributed by atoms with E-state index in [-0.39, 0.29) is 16.0 Å². The molecule has 0 unspecified atom stereocenters. The predicted octanol–water partition coefficient (Wildman–Crippen LogP) is 4.43. The van der Waals surface area contributed by atoms with Crippen LogP contribution < -0.4 is 5.32 Å². The highest BCUT2D eigenvalue weighted by Gasteiger charge is 2.08. The fraction of sp³-hybridized carbons (Fsp3) is 0. The summed E-state index contributed by atoms with van der Waals surface area (Å²) in [7, 11) is 0. The molecule has 0 spiro atoms. The molecule has 2 aromatic rings. The summed E-state index contributed by atoms with van der Waals surface area (Å²) in [4.78, 5) is 0. The molecule has 0 aliphatic heterocycles. The van der Waals surface area contributed by atoms with E-state index in [0.717, 1.165) is 4.47 Å². The maximum Gasteiger partial charge on any atom is 0.175 e. The predicted molar refractivity (Wildman–Crippen MR) is 69.4 cm³/mol. The van der Waals surface area contributed by atoms with E-state index in [0.29, 0.717) is 5.69 Å². The van der Waals surface area contributed by atoms with Gasteiger partial charge in [0.05, 0.1) is 11.4 Å². The quantitative estimate of drug-likeness (QED) is 0.881. The Morgan fingerprint density at radius 3 is 2.65 bits per heavy atom. The molecule has 0 bridgehead atoms. The van der Waals surface area contributed by atoms with Crippen LogP contribution in [0.15, 0.2) is 28.7 Å². The van der Waals surface area contributed by atoms with Gasteiger partial charge >= 0.3 is 0 Å². The Balaban J connectivity index is 2.37. The molecule has 0 saturated carbocycles. The summed E-state index contributed by atoms with van der Waals surface area (Å²) < 4.78 is 14.2. The summed E-state index contributed by atoms with van der Waals surface area (Å²) in [5, 5.41) is 10.3. The summed E-state index contributed by atoms with van der Waals surface area (Å²) in [5.74, 6) is -0.405. The first-order valence-corrected chi connectivity index (χ1v) is 6.02. The molecule has 1 N–H and O–H groups in total. The minimum Gasteiger partial charge on any atom is -0.350 e. The summed E-state index contributed by atoms with van der Waals surface area (Å²) in [6.07, 6.45) is 0. The number of rotatable bonds is 2. The second kappa shape index (κ2) is 5.16. The van der Waals surface area contributed by atoms with Gasteiger partial charge in [0, 0.05) is 10.5 Å². The van der Waals surface area contributed by atoms with E-state index >= 15 is 0 Å². The van der Waals surface area contributed by atoms with Crippen molar-refractivity contribution in [1.29, 1.82) is 0 Å². The molecule has 88 valence electrons. The van der Waals surface area contributed by atoms with Gasteiger partial charge in [0.1, 0.15) is 5.82 Å². The lowest BCUT2D eigenvalue weighted by atomic mass is 10.3. The highest BCUT2D eigenvalue weighted by Crippen LogP contribution is 2.28. The van der Waals surface area contributed by atoms with Crippen molar-refractivity contribution in [3.8, 4) is 0 Å². The monoisotopic (exact) mass is 335 g/mol. The van der Waals surface area contributed by atoms with E-state index in [2.05, 4.69) is 31.4 Å². The van der Waals surface area contributed by atoms with Crippen molar-refractivity contribution < 1.29 is 4.39 Å². The van der Waals surface area contributed by atoms with E-state index in [4.69, 9.17) is 23.2 Å². The van der Waals surface area contributed by atoms with Gasteiger partial charge in [-0.25, -0.2) is 4.39 Å². The molecule has 7 heteroatoms. The molecule has 1 aromatic heterocycles. The lowest BCUT2D eigenvalue weighted by Gasteiger charge is -2.08. The van der Waals surface area contributed by atoms with Gasteiger partial charge < -0.3 is 5.32 Å². The number of nitrogens with zero attached hydrogens (tertiary/aromatic N) is 2. The van der Waals surface area contributed by atoms with Crippen LogP contribution in [0.4, 0.5) is 15.8 Å². The van der Waals surface area contributed by atoms with Gasteiger partial charge in [0.15, 0.2) is 10.3 Å². The van der Waals surface area contributed by atoms with Gasteiger partial charge in [0.25, 0.3) is 0 Å². The van der Waals surface area contributed by atoms with Crippen molar-refractivity contribution in [2.24, 2.45) is 0 Å². The second-order valence-corrected chi connectivity index (χ2v) is 4.78. The molecular weight excluding hydrogens is 332 g/mol. The number of halogens is 4. The van der Waals surface area contributed by atoms with Crippen molar-refractivity contribution in [3.05, 3.63) is 44.9 Å². The normalized spacial score (nSPS) is 10.4. The van der Waals surface area contributed by atoms with Crippen molar-refractivity contribution >= 4 is 50.5 Å². The number of nitrogens with one attached hydrogen (secondary N) is 1. The topological polar surface area (TPSA) is 37.8 Å². The smallest absolute Gasteiger partial charge is 0.175 e. The zero-order valence-corrected chi connectivity index (χ0v) is 11.3. The zero-order chi connectivity index (χ0) is 12.4. The van der Waals surface area contributed by atoms with E-state index in [1.807, 2.05) is 0 Å². The third-order valence-corrected chi connectivity index (χ3v) is 2.87. The Morgan fingerprint density at radius 2 is 1.88 bits per heavy atom. The first-order chi connectivity index (χ1) is 8.06. The van der Waals surface area contributed by atoms with Crippen LogP contribution in [0.2, 0.25) is 10.3 Å². The molecule has 0 atom stereocenters. The van der Waals surface area contributed by atoms with Crippen LogP contribution in [0.5, 0.6) is 0 Å². The first kappa shape index (κ1) is 12.5. The van der Waals surface area contributed by atoms with Crippen LogP contribution in [-0.4, -0.2) is 10.2 Å². The molecule has 3 nitrogen and oxygen atoms in total. The molecule has 1 heterocycles. The minimum atomic E-state index is -0.405. The summed E-state index contributed by atoms with van der Waals surface area (Å²) in [6, 6.07) is 5.98. The van der Waals surface area contributed by atoms with Crippen LogP contribution in [0.3, 0.4) is 0 Å². The van der Waals surface area contributed by atoms with E-state index in [9.17, 15) is 4.39 Å². The average Bonchev–Trinajstić information content (AvgIpc) is 2.28. The van der Waals surface area contributed by atoms with Gasteiger partial charge in [-0.3, -0.25) is 0 Å². The molecule has 0 fully saturated rings. The Hall–Kier alpha value is -0.910. The average molecular weight is 337 g/mol. The van der Waals surface area contributed by atoms with Gasteiger partial charge in [0.2, 0.25) is 0 Å². The fourth-order valence-corrected chi connectivity index (χ4v) is 1.83. The Bertz CT molecular complexity index is 516. The van der Waals surface area contributed by atoms with Crippen LogP contribution in [-0.2, 0) is 0 Å². The number of anilines is 2. The highest BCUT2D eigenvalue weighted by atomic mass is 79.9. The van der Waals surface area contributed by atoms with Crippen molar-refractivity contribution in [1.82, 2.24) is 10.2 Å². The van der Waals surface area contributed by atoms with Crippen LogP contribution >= 0.6 is 39.1 Å². The van der Waals surface area contributed by atoms with Gasteiger partial charge in [-0.1, -0.05) is 39.1 Å². The van der Waals surface area contributed by atoms with Crippen LogP contribution in [0.25, 0.3) is 0 Å². The molecule has 17 heavy (non-hydrogen) atoms. The van der Waals surface area contributed by atoms with Crippen LogP contribution in [0, 0.1) is 5.82 Å². The lowest BCUT2D eigenvalue weighted by molar-refractivity contribution is 0.631. The fourth-order valence-electron chi connectivity index (χ4n) is 1.18. The lowest BCUT2D eigenvalue weighted by Crippen LogP contribution is -1.97. The summed E-state index contributed by atoms with van der Waals surface area (Å²) in [6.45, 7) is 0. The first-order valence-electron chi connectivity index (χ1n) is 4.47. The van der Waals surface area contributed by atoms with E-state index in [1.165, 1.54) is 12.1 Å². The van der Waals surface area contributed by atoms with Crippen molar-refractivity contribution in [2.75, 3.05) is 5.32 Å². The van der Waals surface area contributed by atoms with Gasteiger partial charge in [-0.05, 0) is 18.2 Å². The SMILES string of the molecule is Fc1ccc(Br)cc1Nc1cc(Cl)nnc1Cl. The second-order valence-electron chi connectivity index (χ2n) is 3.12. The van der Waals surface area contributed by atoms with Gasteiger partial charge in [-0.15, -0.1) is 10.2 Å². The van der Waals surface area contributed by atoms with Gasteiger partial charge in [-0.2, -0.15) is 0 Å². The molecular formula is C10H5BrCl2FN3. The largest absolute Gasteiger partial charge is 0.350 e. The molecule has 2 rings (SSSR count). The number of hydrogen-bond acceptors (Lipinski definition) is 3. The Labute approximate surface area is 115 Å². The van der Waals surface area contributed by atoms with Crippen LogP contribution in [0.1, 0.15) is 0 Å². The van der Waals surface area contributed by atoms with E-state index < -0.39 is 5.82 Å². The number of benzene rings is 1. The van der Waals surface area contributed by atoms with Crippen molar-refractivity contribution in [2.45, 2.75) is 0 Å². The summed E-state index contributed by atoms with van der Waals surface area (Å²) in [5.41, 5.74) is 0.661.